The number of nitrogens with two attached hydrogens (primary N) is 1. The molecule has 0 aliphatic heterocycles. The Labute approximate surface area is 110 Å². The highest BCUT2D eigenvalue weighted by molar-refractivity contribution is 5.99. The van der Waals surface area contributed by atoms with Gasteiger partial charge in [0.2, 0.25) is 0 Å². The molecule has 0 aliphatic rings. The second-order valence-corrected chi connectivity index (χ2v) is 6.05. The van der Waals surface area contributed by atoms with Crippen LogP contribution in [0.25, 0.3) is 0 Å². The van der Waals surface area contributed by atoms with Gasteiger partial charge in [0, 0.05) is 18.8 Å². The topological polar surface area (TPSA) is 46.3 Å². The van der Waals surface area contributed by atoms with Gasteiger partial charge < -0.3 is 10.6 Å². The molecule has 1 rings (SSSR count). The van der Waals surface area contributed by atoms with Gasteiger partial charge in [-0.1, -0.05) is 26.8 Å². The van der Waals surface area contributed by atoms with E-state index in [4.69, 9.17) is 5.73 Å². The van der Waals surface area contributed by atoms with Crippen LogP contribution in [0.3, 0.4) is 0 Å². The zero-order valence-electron chi connectivity index (χ0n) is 12.2. The van der Waals surface area contributed by atoms with E-state index >= 15 is 0 Å². The summed E-state index contributed by atoms with van der Waals surface area (Å²) in [5.74, 6) is -0.0186. The third-order valence-corrected chi connectivity index (χ3v) is 3.59. The molecule has 18 heavy (non-hydrogen) atoms. The molecule has 0 radical (unpaired) electrons. The lowest BCUT2D eigenvalue weighted by atomic mass is 9.87. The lowest BCUT2D eigenvalue weighted by molar-refractivity contribution is 0.0630. The van der Waals surface area contributed by atoms with Crippen LogP contribution in [-0.4, -0.2) is 23.9 Å². The molecule has 2 N–H and O–H groups in total. The van der Waals surface area contributed by atoms with Gasteiger partial charge in [-0.15, -0.1) is 0 Å². The van der Waals surface area contributed by atoms with Crippen LogP contribution >= 0.6 is 0 Å². The summed E-state index contributed by atoms with van der Waals surface area (Å²) in [6, 6.07) is 5.70. The van der Waals surface area contributed by atoms with Crippen LogP contribution < -0.4 is 5.73 Å². The predicted octanol–water partition coefficient (Wildman–Crippen LogP) is 3.08. The van der Waals surface area contributed by atoms with Crippen molar-refractivity contribution in [1.82, 2.24) is 4.90 Å². The van der Waals surface area contributed by atoms with E-state index in [1.807, 2.05) is 26.1 Å². The third kappa shape index (κ3) is 3.03. The molecular formula is C15H24N2O. The molecule has 0 aromatic heterocycles. The first-order valence-corrected chi connectivity index (χ1v) is 6.28. The van der Waals surface area contributed by atoms with Crippen molar-refractivity contribution in [1.29, 1.82) is 0 Å². The lowest BCUT2D eigenvalue weighted by Crippen LogP contribution is -2.43. The Bertz CT molecular complexity index is 446. The van der Waals surface area contributed by atoms with Gasteiger partial charge in [0.05, 0.1) is 5.56 Å². The average Bonchev–Trinajstić information content (AvgIpc) is 2.25. The number of carbonyl (C=O) groups is 1. The van der Waals surface area contributed by atoms with Crippen LogP contribution in [0.1, 0.15) is 43.6 Å². The second kappa shape index (κ2) is 5.01. The van der Waals surface area contributed by atoms with E-state index in [-0.39, 0.29) is 17.4 Å². The summed E-state index contributed by atoms with van der Waals surface area (Å²) in [7, 11) is 1.83. The number of rotatable bonds is 2. The molecule has 0 aliphatic carbocycles. The standard InChI is InChI=1S/C15H24N2O/c1-10-7-8-12(13(16)9-10)14(18)17(6)11(2)15(3,4)5/h7-9,11H,16H2,1-6H3. The van der Waals surface area contributed by atoms with E-state index in [1.165, 1.54) is 0 Å². The van der Waals surface area contributed by atoms with Crippen molar-refractivity contribution in [2.45, 2.75) is 40.7 Å². The van der Waals surface area contributed by atoms with Gasteiger partial charge in [-0.2, -0.15) is 0 Å². The van der Waals surface area contributed by atoms with Crippen molar-refractivity contribution < 1.29 is 4.79 Å². The second-order valence-electron chi connectivity index (χ2n) is 6.05. The van der Waals surface area contributed by atoms with Crippen LogP contribution in [0.4, 0.5) is 5.69 Å². The van der Waals surface area contributed by atoms with E-state index in [0.717, 1.165) is 5.56 Å². The Morgan fingerprint density at radius 3 is 2.33 bits per heavy atom. The molecule has 1 aromatic carbocycles. The number of amides is 1. The van der Waals surface area contributed by atoms with Crippen LogP contribution in [-0.2, 0) is 0 Å². The summed E-state index contributed by atoms with van der Waals surface area (Å²) < 4.78 is 0. The summed E-state index contributed by atoms with van der Waals surface area (Å²) in [5.41, 5.74) is 8.16. The van der Waals surface area contributed by atoms with Gasteiger partial charge in [0.25, 0.3) is 5.91 Å². The van der Waals surface area contributed by atoms with Crippen molar-refractivity contribution in [2.75, 3.05) is 12.8 Å². The van der Waals surface area contributed by atoms with Crippen molar-refractivity contribution in [3.8, 4) is 0 Å². The average molecular weight is 248 g/mol. The van der Waals surface area contributed by atoms with E-state index < -0.39 is 0 Å². The first-order valence-electron chi connectivity index (χ1n) is 6.28. The van der Waals surface area contributed by atoms with Crippen LogP contribution in [0.15, 0.2) is 18.2 Å². The highest BCUT2D eigenvalue weighted by atomic mass is 16.2. The Hall–Kier alpha value is -1.51. The van der Waals surface area contributed by atoms with E-state index in [0.29, 0.717) is 11.3 Å². The van der Waals surface area contributed by atoms with Crippen LogP contribution in [0.5, 0.6) is 0 Å². The Morgan fingerprint density at radius 2 is 1.89 bits per heavy atom. The normalized spacial score (nSPS) is 13.2. The molecule has 0 heterocycles. The molecular weight excluding hydrogens is 224 g/mol. The molecule has 1 atom stereocenters. The summed E-state index contributed by atoms with van der Waals surface area (Å²) in [4.78, 5) is 14.2. The molecule has 0 saturated carbocycles. The molecule has 1 unspecified atom stereocenters. The van der Waals surface area contributed by atoms with E-state index in [1.54, 1.807) is 11.0 Å². The first kappa shape index (κ1) is 14.6. The summed E-state index contributed by atoms with van der Waals surface area (Å²) in [5, 5.41) is 0. The Kier molecular flexibility index (Phi) is 4.05. The smallest absolute Gasteiger partial charge is 0.255 e. The van der Waals surface area contributed by atoms with E-state index in [2.05, 4.69) is 27.7 Å². The lowest BCUT2D eigenvalue weighted by Gasteiger charge is -2.35. The molecule has 1 aromatic rings. The van der Waals surface area contributed by atoms with Gasteiger partial charge >= 0.3 is 0 Å². The van der Waals surface area contributed by atoms with E-state index in [9.17, 15) is 4.79 Å². The minimum Gasteiger partial charge on any atom is -0.398 e. The molecule has 0 fully saturated rings. The van der Waals surface area contributed by atoms with Gasteiger partial charge in [0.1, 0.15) is 0 Å². The van der Waals surface area contributed by atoms with Crippen molar-refractivity contribution >= 4 is 11.6 Å². The first-order chi connectivity index (χ1) is 8.14. The highest BCUT2D eigenvalue weighted by Gasteiger charge is 2.28. The fourth-order valence-electron chi connectivity index (χ4n) is 1.82. The summed E-state index contributed by atoms with van der Waals surface area (Å²) in [6.45, 7) is 10.4. The molecule has 0 bridgehead atoms. The summed E-state index contributed by atoms with van der Waals surface area (Å²) >= 11 is 0. The molecule has 3 heteroatoms. The third-order valence-electron chi connectivity index (χ3n) is 3.59. The van der Waals surface area contributed by atoms with Crippen molar-refractivity contribution in [3.63, 3.8) is 0 Å². The zero-order valence-corrected chi connectivity index (χ0v) is 12.2. The highest BCUT2D eigenvalue weighted by Crippen LogP contribution is 2.25. The van der Waals surface area contributed by atoms with Gasteiger partial charge in [0.15, 0.2) is 0 Å². The van der Waals surface area contributed by atoms with Gasteiger partial charge in [-0.25, -0.2) is 0 Å². The molecule has 0 spiro atoms. The Balaban J connectivity index is 3.00. The number of anilines is 1. The largest absolute Gasteiger partial charge is 0.398 e. The number of nitrogens with zero attached hydrogens (tertiary/aromatic N) is 1. The fourth-order valence-corrected chi connectivity index (χ4v) is 1.82. The number of benzene rings is 1. The molecule has 0 saturated heterocycles. The number of hydrogen-bond acceptors (Lipinski definition) is 2. The molecule has 1 amide bonds. The van der Waals surface area contributed by atoms with Crippen molar-refractivity contribution in [2.24, 2.45) is 5.41 Å². The minimum absolute atomic E-state index is 0.0186. The predicted molar refractivity (Wildman–Crippen MR) is 76.6 cm³/mol. The maximum atomic E-state index is 12.4. The maximum absolute atomic E-state index is 12.4. The molecule has 3 nitrogen and oxygen atoms in total. The van der Waals surface area contributed by atoms with Crippen molar-refractivity contribution in [3.05, 3.63) is 29.3 Å². The molecule has 100 valence electrons. The number of aryl methyl sites for hydroxylation is 1. The van der Waals surface area contributed by atoms with Crippen LogP contribution in [0, 0.1) is 12.3 Å². The zero-order chi connectivity index (χ0) is 14.1. The quantitative estimate of drug-likeness (QED) is 0.817. The number of hydrogen-bond donors (Lipinski definition) is 1. The number of nitrogen functional groups attached to an aromatic ring is 1. The SMILES string of the molecule is Cc1ccc(C(=O)N(C)C(C)C(C)(C)C)c(N)c1. The maximum Gasteiger partial charge on any atom is 0.255 e. The minimum atomic E-state index is -0.0186. The summed E-state index contributed by atoms with van der Waals surface area (Å²) in [6.07, 6.45) is 0. The van der Waals surface area contributed by atoms with Gasteiger partial charge in [-0.05, 0) is 37.0 Å². The van der Waals surface area contributed by atoms with Crippen LogP contribution in [0.2, 0.25) is 0 Å². The monoisotopic (exact) mass is 248 g/mol. The Morgan fingerprint density at radius 1 is 1.33 bits per heavy atom. The number of carbonyl (C=O) groups excluding carboxylic acids is 1. The fraction of sp³-hybridized carbons (Fsp3) is 0.533. The van der Waals surface area contributed by atoms with Gasteiger partial charge in [-0.3, -0.25) is 4.79 Å².